The Balaban J connectivity index is 0.00000225. The summed E-state index contributed by atoms with van der Waals surface area (Å²) >= 11 is 0. The second-order valence-electron chi connectivity index (χ2n) is 7.40. The zero-order chi connectivity index (χ0) is 18.9. The Bertz CT molecular complexity index is 937. The van der Waals surface area contributed by atoms with Crippen molar-refractivity contribution in [1.29, 1.82) is 0 Å². The molecule has 144 valence electrons. The Labute approximate surface area is 178 Å². The standard InChI is InChI=1S/C25H25OP.BrH/c1-20-19-26-21(2)25(20)27(3,22-13-7-4-8-14-22,23-15-9-5-10-16-23)24-17-11-6-12-18-24;/h4-19H,1-3H3;1H. The molecule has 0 saturated heterocycles. The van der Waals surface area contributed by atoms with Crippen LogP contribution in [0.4, 0.5) is 0 Å². The quantitative estimate of drug-likeness (QED) is 0.385. The van der Waals surface area contributed by atoms with Crippen molar-refractivity contribution in [3.63, 3.8) is 0 Å². The van der Waals surface area contributed by atoms with Gasteiger partial charge in [0.25, 0.3) is 0 Å². The molecule has 1 heterocycles. The molecule has 28 heavy (non-hydrogen) atoms. The van der Waals surface area contributed by atoms with Crippen LogP contribution in [0.2, 0.25) is 0 Å². The maximum atomic E-state index is 5.96. The third-order valence-corrected chi connectivity index (χ3v) is 12.4. The predicted octanol–water partition coefficient (Wildman–Crippen LogP) is 5.26. The molecule has 0 amide bonds. The summed E-state index contributed by atoms with van der Waals surface area (Å²) in [5, 5.41) is 5.40. The van der Waals surface area contributed by atoms with Crippen LogP contribution >= 0.6 is 23.6 Å². The Hall–Kier alpha value is -2.15. The van der Waals surface area contributed by atoms with Gasteiger partial charge in [-0.1, -0.05) is 0 Å². The molecule has 0 N–H and O–H groups in total. The molecule has 0 aliphatic carbocycles. The van der Waals surface area contributed by atoms with Crippen LogP contribution in [0, 0.1) is 13.8 Å². The zero-order valence-electron chi connectivity index (χ0n) is 16.5. The summed E-state index contributed by atoms with van der Waals surface area (Å²) in [6.45, 7) is 3.79. The van der Waals surface area contributed by atoms with E-state index in [1.165, 1.54) is 26.8 Å². The van der Waals surface area contributed by atoms with Gasteiger partial charge in [-0.05, 0) is 0 Å². The van der Waals surface area contributed by atoms with E-state index in [2.05, 4.69) is 112 Å². The van der Waals surface area contributed by atoms with Gasteiger partial charge in [-0.25, -0.2) is 0 Å². The van der Waals surface area contributed by atoms with Crippen LogP contribution < -0.4 is 21.2 Å². The zero-order valence-corrected chi connectivity index (χ0v) is 19.1. The van der Waals surface area contributed by atoms with Crippen LogP contribution in [0.1, 0.15) is 11.3 Å². The van der Waals surface area contributed by atoms with E-state index in [0.717, 1.165) is 5.76 Å². The third kappa shape index (κ3) is 2.79. The van der Waals surface area contributed by atoms with Crippen molar-refractivity contribution < 1.29 is 4.42 Å². The molecule has 1 aromatic heterocycles. The van der Waals surface area contributed by atoms with Crippen LogP contribution in [0.5, 0.6) is 0 Å². The first kappa shape index (κ1) is 20.6. The van der Waals surface area contributed by atoms with Crippen molar-refractivity contribution in [3.8, 4) is 0 Å². The molecular weight excluding hydrogens is 427 g/mol. The molecule has 0 saturated carbocycles. The number of rotatable bonds is 4. The molecule has 0 aliphatic rings. The van der Waals surface area contributed by atoms with E-state index < -0.39 is 6.60 Å². The first-order chi connectivity index (χ1) is 13.1. The second kappa shape index (κ2) is 7.70. The van der Waals surface area contributed by atoms with Crippen molar-refractivity contribution in [1.82, 2.24) is 0 Å². The van der Waals surface area contributed by atoms with E-state index in [9.17, 15) is 0 Å². The first-order valence-electron chi connectivity index (χ1n) is 9.30. The summed E-state index contributed by atoms with van der Waals surface area (Å²) in [5.41, 5.74) is 1.21. The van der Waals surface area contributed by atoms with Gasteiger partial charge in [0.2, 0.25) is 0 Å². The molecule has 0 fully saturated rings. The van der Waals surface area contributed by atoms with E-state index in [0.29, 0.717) is 0 Å². The summed E-state index contributed by atoms with van der Waals surface area (Å²) in [6.07, 6.45) is 1.91. The Kier molecular flexibility index (Phi) is 5.66. The number of hydrogen-bond acceptors (Lipinski definition) is 1. The van der Waals surface area contributed by atoms with E-state index in [1.54, 1.807) is 0 Å². The van der Waals surface area contributed by atoms with Gasteiger partial charge in [-0.2, -0.15) is 0 Å². The SMILES string of the molecule is Br.Cc1coc(C)c1P(C)(c1ccccc1)(c1ccccc1)c1ccccc1. The van der Waals surface area contributed by atoms with Crippen molar-refractivity contribution in [2.24, 2.45) is 0 Å². The van der Waals surface area contributed by atoms with Gasteiger partial charge in [0, 0.05) is 0 Å². The van der Waals surface area contributed by atoms with Gasteiger partial charge in [-0.3, -0.25) is 0 Å². The van der Waals surface area contributed by atoms with Crippen LogP contribution in [0.3, 0.4) is 0 Å². The van der Waals surface area contributed by atoms with Crippen LogP contribution in [-0.4, -0.2) is 6.66 Å². The van der Waals surface area contributed by atoms with Crippen LogP contribution in [0.25, 0.3) is 0 Å². The topological polar surface area (TPSA) is 13.1 Å². The van der Waals surface area contributed by atoms with E-state index in [4.69, 9.17) is 4.42 Å². The van der Waals surface area contributed by atoms with Crippen molar-refractivity contribution >= 4 is 44.8 Å². The normalized spacial score (nSPS) is 12.6. The maximum absolute atomic E-state index is 5.96. The fourth-order valence-corrected chi connectivity index (χ4v) is 10.8. The molecule has 0 spiro atoms. The van der Waals surface area contributed by atoms with Crippen molar-refractivity contribution in [2.45, 2.75) is 13.8 Å². The van der Waals surface area contributed by atoms with Crippen molar-refractivity contribution in [3.05, 3.63) is 109 Å². The summed E-state index contributed by atoms with van der Waals surface area (Å²) in [4.78, 5) is 0. The summed E-state index contributed by atoms with van der Waals surface area (Å²) in [7, 11) is 0. The van der Waals surface area contributed by atoms with Gasteiger partial charge in [0.15, 0.2) is 0 Å². The average Bonchev–Trinajstić information content (AvgIpc) is 3.08. The fourth-order valence-electron chi connectivity index (χ4n) is 4.64. The molecule has 4 aromatic rings. The number of benzene rings is 3. The Morgan fingerprint density at radius 2 is 0.964 bits per heavy atom. The molecule has 3 aromatic carbocycles. The molecule has 4 rings (SSSR count). The monoisotopic (exact) mass is 452 g/mol. The molecular formula is C25H26BrOP. The van der Waals surface area contributed by atoms with E-state index in [1.807, 2.05) is 6.26 Å². The number of aryl methyl sites for hydroxylation is 2. The Morgan fingerprint density at radius 3 is 1.25 bits per heavy atom. The molecule has 0 unspecified atom stereocenters. The summed E-state index contributed by atoms with van der Waals surface area (Å²) in [6, 6.07) is 32.9. The predicted molar refractivity (Wildman–Crippen MR) is 129 cm³/mol. The van der Waals surface area contributed by atoms with Gasteiger partial charge in [-0.15, -0.1) is 17.0 Å². The third-order valence-electron chi connectivity index (χ3n) is 5.88. The molecule has 0 radical (unpaired) electrons. The van der Waals surface area contributed by atoms with Gasteiger partial charge >= 0.3 is 161 Å². The van der Waals surface area contributed by atoms with E-state index >= 15 is 0 Å². The molecule has 0 aliphatic heterocycles. The van der Waals surface area contributed by atoms with Crippen LogP contribution in [0.15, 0.2) is 102 Å². The number of halogens is 1. The van der Waals surface area contributed by atoms with Crippen molar-refractivity contribution in [2.75, 3.05) is 6.66 Å². The molecule has 3 heteroatoms. The van der Waals surface area contributed by atoms with Gasteiger partial charge in [0.05, 0.1) is 0 Å². The van der Waals surface area contributed by atoms with E-state index in [-0.39, 0.29) is 17.0 Å². The van der Waals surface area contributed by atoms with Crippen LogP contribution in [-0.2, 0) is 0 Å². The Morgan fingerprint density at radius 1 is 0.607 bits per heavy atom. The number of furan rings is 1. The summed E-state index contributed by atoms with van der Waals surface area (Å²) in [5.74, 6) is 1.00. The second-order valence-corrected chi connectivity index (χ2v) is 12.5. The van der Waals surface area contributed by atoms with Gasteiger partial charge in [0.1, 0.15) is 0 Å². The first-order valence-corrected chi connectivity index (χ1v) is 12.0. The molecule has 1 nitrogen and oxygen atoms in total. The van der Waals surface area contributed by atoms with Gasteiger partial charge < -0.3 is 0 Å². The average molecular weight is 453 g/mol. The number of hydrogen-bond donors (Lipinski definition) is 0. The molecule has 0 bridgehead atoms. The minimum absolute atomic E-state index is 0. The summed E-state index contributed by atoms with van der Waals surface area (Å²) < 4.78 is 5.96. The minimum atomic E-state index is -2.95. The molecule has 0 atom stereocenters. The fraction of sp³-hybridized carbons (Fsp3) is 0.120.